The third-order valence-electron chi connectivity index (χ3n) is 10.3. The summed E-state index contributed by atoms with van der Waals surface area (Å²) in [5.74, 6) is -3.25. The van der Waals surface area contributed by atoms with Crippen molar-refractivity contribution in [1.82, 2.24) is 15.0 Å². The Morgan fingerprint density at radius 1 is 0.717 bits per heavy atom. The molecule has 0 saturated heterocycles. The number of aryl methyl sites for hydroxylation is 1. The van der Waals surface area contributed by atoms with E-state index in [9.17, 15) is 9.59 Å². The van der Waals surface area contributed by atoms with Crippen molar-refractivity contribution < 1.29 is 23.9 Å². The number of ether oxygens (including phenoxy) is 2. The lowest BCUT2D eigenvalue weighted by Crippen LogP contribution is -2.65. The molecule has 8 nitrogen and oxygen atoms in total. The Morgan fingerprint density at radius 2 is 1.24 bits per heavy atom. The molecule has 7 rings (SSSR count). The fourth-order valence-corrected chi connectivity index (χ4v) is 8.21. The van der Waals surface area contributed by atoms with E-state index in [1.807, 2.05) is 91.0 Å². The first kappa shape index (κ1) is 29.7. The number of esters is 2. The molecule has 4 atom stereocenters. The van der Waals surface area contributed by atoms with Crippen LogP contribution in [0.3, 0.4) is 0 Å². The monoisotopic (exact) mass is 613 g/mol. The number of ketones is 1. The molecule has 2 bridgehead atoms. The number of carbonyl (C=O) groups excluding carboxylic acids is 3. The molecule has 0 aliphatic heterocycles. The van der Waals surface area contributed by atoms with Gasteiger partial charge in [-0.15, -0.1) is 0 Å². The van der Waals surface area contributed by atoms with E-state index in [0.29, 0.717) is 30.7 Å². The van der Waals surface area contributed by atoms with Gasteiger partial charge in [0.1, 0.15) is 10.8 Å². The highest BCUT2D eigenvalue weighted by atomic mass is 16.5. The largest absolute Gasteiger partial charge is 0.468 e. The number of hydrogen-bond acceptors (Lipinski definition) is 8. The van der Waals surface area contributed by atoms with Crippen molar-refractivity contribution in [3.8, 4) is 0 Å². The quantitative estimate of drug-likeness (QED) is 0.154. The molecule has 3 heterocycles. The van der Waals surface area contributed by atoms with Crippen LogP contribution < -0.4 is 0 Å². The van der Waals surface area contributed by atoms with Crippen LogP contribution in [0.1, 0.15) is 54.6 Å². The average molecular weight is 614 g/mol. The number of Topliss-reactive ketones (excluding diaryl/α,β-unsaturated/α-hetero) is 1. The Bertz CT molecular complexity index is 1850. The predicted octanol–water partition coefficient (Wildman–Crippen LogP) is 6.38. The summed E-state index contributed by atoms with van der Waals surface area (Å²) in [5.41, 5.74) is 0.390. The van der Waals surface area contributed by atoms with Crippen LogP contribution in [0, 0.1) is 16.7 Å². The van der Waals surface area contributed by atoms with Crippen molar-refractivity contribution in [3.05, 3.63) is 114 Å². The van der Waals surface area contributed by atoms with Gasteiger partial charge in [-0.05, 0) is 74.4 Å². The molecule has 4 unspecified atom stereocenters. The SMILES string of the molecule is COC(=O)C12CC(CCc3ccccn3)CC(C(=O)OC)(C1=O)C(c1ccc3ccccc3n1)CC2c1ccc2ccccc2n1. The van der Waals surface area contributed by atoms with E-state index in [-0.39, 0.29) is 18.8 Å². The van der Waals surface area contributed by atoms with Crippen molar-refractivity contribution in [2.45, 2.75) is 43.9 Å². The number of benzene rings is 2. The summed E-state index contributed by atoms with van der Waals surface area (Å²) >= 11 is 0. The molecule has 2 saturated carbocycles. The molecule has 232 valence electrons. The molecule has 0 amide bonds. The maximum absolute atomic E-state index is 15.3. The number of methoxy groups -OCH3 is 2. The van der Waals surface area contributed by atoms with E-state index < -0.39 is 40.4 Å². The van der Waals surface area contributed by atoms with Crippen molar-refractivity contribution in [1.29, 1.82) is 0 Å². The van der Waals surface area contributed by atoms with Crippen molar-refractivity contribution in [3.63, 3.8) is 0 Å². The highest BCUT2D eigenvalue weighted by Gasteiger charge is 2.73. The lowest BCUT2D eigenvalue weighted by atomic mass is 9.43. The average Bonchev–Trinajstić information content (AvgIpc) is 3.10. The van der Waals surface area contributed by atoms with Gasteiger partial charge in [0.25, 0.3) is 0 Å². The lowest BCUT2D eigenvalue weighted by Gasteiger charge is -2.56. The van der Waals surface area contributed by atoms with E-state index in [0.717, 1.165) is 27.5 Å². The van der Waals surface area contributed by atoms with Crippen LogP contribution in [0.15, 0.2) is 97.2 Å². The van der Waals surface area contributed by atoms with E-state index in [4.69, 9.17) is 19.4 Å². The number of aromatic nitrogens is 3. The standard InChI is InChI=1S/C38H35N3O5/c1-45-35(43)37-22-24(14-17-27-11-7-8-20-39-27)23-38(34(37)42,36(44)46-2)29(33-19-16-26-10-4-6-13-31(26)41-33)21-28(37)32-18-15-25-9-3-5-12-30(25)40-32/h3-13,15-16,18-20,24,28-29H,14,17,21-23H2,1-2H3. The van der Waals surface area contributed by atoms with Crippen molar-refractivity contribution in [2.75, 3.05) is 14.2 Å². The second-order valence-electron chi connectivity index (χ2n) is 12.6. The second kappa shape index (κ2) is 11.7. The van der Waals surface area contributed by atoms with Gasteiger partial charge in [-0.25, -0.2) is 0 Å². The normalized spacial score (nSPS) is 25.7. The Balaban J connectivity index is 1.45. The summed E-state index contributed by atoms with van der Waals surface area (Å²) in [7, 11) is 2.62. The van der Waals surface area contributed by atoms with Gasteiger partial charge in [0, 0.05) is 45.9 Å². The molecular weight excluding hydrogens is 578 g/mol. The lowest BCUT2D eigenvalue weighted by molar-refractivity contribution is -0.186. The Hall–Kier alpha value is -4.98. The molecule has 2 aliphatic carbocycles. The molecule has 0 N–H and O–H groups in total. The number of nitrogens with zero attached hydrogens (tertiary/aromatic N) is 3. The molecule has 2 aromatic carbocycles. The zero-order chi connectivity index (χ0) is 31.9. The minimum Gasteiger partial charge on any atom is -0.468 e. The van der Waals surface area contributed by atoms with E-state index in [2.05, 4.69) is 4.98 Å². The Morgan fingerprint density at radius 3 is 1.74 bits per heavy atom. The van der Waals surface area contributed by atoms with Crippen molar-refractivity contribution in [2.24, 2.45) is 16.7 Å². The van der Waals surface area contributed by atoms with Crippen LogP contribution >= 0.6 is 0 Å². The molecule has 3 aromatic heterocycles. The third-order valence-corrected chi connectivity index (χ3v) is 10.3. The third kappa shape index (κ3) is 4.66. The highest BCUT2D eigenvalue weighted by molar-refractivity contribution is 6.17. The molecule has 5 aromatic rings. The van der Waals surface area contributed by atoms with Gasteiger partial charge in [0.05, 0.1) is 25.3 Å². The molecule has 2 fully saturated rings. The topological polar surface area (TPSA) is 108 Å². The zero-order valence-electron chi connectivity index (χ0n) is 25.9. The molecule has 8 heteroatoms. The first-order chi connectivity index (χ1) is 22.4. The van der Waals surface area contributed by atoms with Gasteiger partial charge in [-0.2, -0.15) is 0 Å². The van der Waals surface area contributed by atoms with Crippen LogP contribution in [-0.2, 0) is 30.3 Å². The minimum atomic E-state index is -1.64. The maximum Gasteiger partial charge on any atom is 0.320 e. The number of pyridine rings is 3. The zero-order valence-corrected chi connectivity index (χ0v) is 25.9. The van der Waals surface area contributed by atoms with Crippen LogP contribution in [0.25, 0.3) is 21.8 Å². The summed E-state index contributed by atoms with van der Waals surface area (Å²) in [6, 6.07) is 29.0. The Kier molecular flexibility index (Phi) is 7.59. The van der Waals surface area contributed by atoms with E-state index in [1.54, 1.807) is 6.20 Å². The summed E-state index contributed by atoms with van der Waals surface area (Å²) < 4.78 is 11.0. The fraction of sp³-hybridized carbons (Fsp3) is 0.316. The van der Waals surface area contributed by atoms with Crippen molar-refractivity contribution >= 4 is 39.5 Å². The predicted molar refractivity (Wildman–Crippen MR) is 173 cm³/mol. The van der Waals surface area contributed by atoms with Crippen LogP contribution in [0.5, 0.6) is 0 Å². The van der Waals surface area contributed by atoms with Gasteiger partial charge in [0.2, 0.25) is 0 Å². The van der Waals surface area contributed by atoms with Gasteiger partial charge in [0.15, 0.2) is 5.78 Å². The van der Waals surface area contributed by atoms with Gasteiger partial charge >= 0.3 is 11.9 Å². The van der Waals surface area contributed by atoms with Gasteiger partial charge in [-0.3, -0.25) is 29.3 Å². The van der Waals surface area contributed by atoms with E-state index >= 15 is 4.79 Å². The first-order valence-electron chi connectivity index (χ1n) is 15.7. The smallest absolute Gasteiger partial charge is 0.320 e. The fourth-order valence-electron chi connectivity index (χ4n) is 8.21. The number of rotatable bonds is 7. The Labute approximate surface area is 267 Å². The summed E-state index contributed by atoms with van der Waals surface area (Å²) in [6.45, 7) is 0. The highest BCUT2D eigenvalue weighted by Crippen LogP contribution is 2.66. The maximum atomic E-state index is 15.3. The first-order valence-corrected chi connectivity index (χ1v) is 15.7. The number of carbonyl (C=O) groups is 3. The molecular formula is C38H35N3O5. The number of fused-ring (bicyclic) bond motifs is 4. The summed E-state index contributed by atoms with van der Waals surface area (Å²) in [6.07, 6.45) is 3.77. The second-order valence-corrected chi connectivity index (χ2v) is 12.6. The van der Waals surface area contributed by atoms with Crippen LogP contribution in [0.2, 0.25) is 0 Å². The molecule has 2 aliphatic rings. The molecule has 0 spiro atoms. The summed E-state index contributed by atoms with van der Waals surface area (Å²) in [5, 5.41) is 1.91. The number of para-hydroxylation sites is 2. The molecule has 0 radical (unpaired) electrons. The van der Waals surface area contributed by atoms with Crippen LogP contribution in [-0.4, -0.2) is 46.9 Å². The van der Waals surface area contributed by atoms with Crippen LogP contribution in [0.4, 0.5) is 0 Å². The summed E-state index contributed by atoms with van der Waals surface area (Å²) in [4.78, 5) is 58.2. The van der Waals surface area contributed by atoms with Gasteiger partial charge in [-0.1, -0.05) is 54.6 Å². The van der Waals surface area contributed by atoms with E-state index in [1.165, 1.54) is 14.2 Å². The molecule has 46 heavy (non-hydrogen) atoms. The van der Waals surface area contributed by atoms with Gasteiger partial charge < -0.3 is 9.47 Å². The minimum absolute atomic E-state index is 0.191. The number of hydrogen-bond donors (Lipinski definition) is 0.